The van der Waals surface area contributed by atoms with Crippen LogP contribution in [0.15, 0.2) is 54.6 Å². The monoisotopic (exact) mass is 483 g/mol. The van der Waals surface area contributed by atoms with Crippen LogP contribution < -0.4 is 0 Å². The van der Waals surface area contributed by atoms with Crippen molar-refractivity contribution in [3.8, 4) is 0 Å². The van der Waals surface area contributed by atoms with Gasteiger partial charge in [-0.05, 0) is 80.2 Å². The highest BCUT2D eigenvalue weighted by atomic mass is 35.5. The Kier molecular flexibility index (Phi) is 7.18. The molecule has 33 heavy (non-hydrogen) atoms. The van der Waals surface area contributed by atoms with Gasteiger partial charge in [-0.15, -0.1) is 0 Å². The molecule has 0 unspecified atom stereocenters. The first-order chi connectivity index (χ1) is 15.6. The summed E-state index contributed by atoms with van der Waals surface area (Å²) in [6, 6.07) is 19.8. The Morgan fingerprint density at radius 1 is 0.848 bits per heavy atom. The standard InChI is InChI=1S/C29H42ClNOSi/c1-27(2,3)33(4,5)32-23-29(24-10-7-6-8-11-24)18-20-31(21-19-29)22-28(16-9-17-28)25-12-14-26(30)15-13-25/h6-8,10-15H,9,16-23H2,1-5H3. The Morgan fingerprint density at radius 2 is 1.42 bits per heavy atom. The van der Waals surface area contributed by atoms with Crippen LogP contribution in [0.4, 0.5) is 0 Å². The zero-order chi connectivity index (χ0) is 23.7. The number of likely N-dealkylation sites (tertiary alicyclic amines) is 1. The van der Waals surface area contributed by atoms with E-state index in [2.05, 4.69) is 93.4 Å². The first kappa shape index (κ1) is 25.0. The van der Waals surface area contributed by atoms with Crippen molar-refractivity contribution in [1.29, 1.82) is 0 Å². The summed E-state index contributed by atoms with van der Waals surface area (Å²) in [7, 11) is -1.79. The molecule has 1 saturated carbocycles. The molecule has 2 aromatic rings. The van der Waals surface area contributed by atoms with Crippen LogP contribution in [0.25, 0.3) is 0 Å². The van der Waals surface area contributed by atoms with Crippen molar-refractivity contribution in [3.05, 3.63) is 70.7 Å². The highest BCUT2D eigenvalue weighted by Gasteiger charge is 2.45. The molecule has 0 spiro atoms. The van der Waals surface area contributed by atoms with Crippen LogP contribution in [0.1, 0.15) is 64.0 Å². The van der Waals surface area contributed by atoms with Crippen molar-refractivity contribution in [2.24, 2.45) is 0 Å². The van der Waals surface area contributed by atoms with E-state index in [0.29, 0.717) is 5.41 Å². The number of hydrogen-bond donors (Lipinski definition) is 0. The van der Waals surface area contributed by atoms with Gasteiger partial charge in [0.15, 0.2) is 8.32 Å². The fraction of sp³-hybridized carbons (Fsp3) is 0.586. The zero-order valence-corrected chi connectivity index (χ0v) is 23.0. The van der Waals surface area contributed by atoms with Gasteiger partial charge in [0.25, 0.3) is 0 Å². The predicted molar refractivity (Wildman–Crippen MR) is 144 cm³/mol. The Hall–Kier alpha value is -1.13. The molecule has 1 aliphatic carbocycles. The number of benzene rings is 2. The van der Waals surface area contributed by atoms with Crippen LogP contribution in [-0.2, 0) is 15.3 Å². The van der Waals surface area contributed by atoms with Crippen LogP contribution in [0.3, 0.4) is 0 Å². The molecule has 1 saturated heterocycles. The lowest BCUT2D eigenvalue weighted by molar-refractivity contribution is 0.0709. The lowest BCUT2D eigenvalue weighted by Crippen LogP contribution is -2.53. The average Bonchev–Trinajstić information content (AvgIpc) is 2.76. The average molecular weight is 484 g/mol. The van der Waals surface area contributed by atoms with E-state index in [1.54, 1.807) is 0 Å². The normalized spacial score (nSPS) is 20.9. The molecule has 4 rings (SSSR count). The van der Waals surface area contributed by atoms with Crippen molar-refractivity contribution in [1.82, 2.24) is 4.90 Å². The van der Waals surface area contributed by atoms with Gasteiger partial charge in [0.2, 0.25) is 0 Å². The molecular weight excluding hydrogens is 442 g/mol. The number of nitrogens with zero attached hydrogens (tertiary/aromatic N) is 1. The molecule has 0 atom stereocenters. The van der Waals surface area contributed by atoms with Crippen LogP contribution >= 0.6 is 11.6 Å². The molecule has 4 heteroatoms. The molecule has 0 N–H and O–H groups in total. The van der Waals surface area contributed by atoms with Gasteiger partial charge in [0.1, 0.15) is 0 Å². The first-order valence-electron chi connectivity index (χ1n) is 12.7. The fourth-order valence-electron chi connectivity index (χ4n) is 5.36. The van der Waals surface area contributed by atoms with Crippen LogP contribution in [0.5, 0.6) is 0 Å². The Balaban J connectivity index is 1.48. The van der Waals surface area contributed by atoms with Gasteiger partial charge in [0.05, 0.1) is 0 Å². The highest BCUT2D eigenvalue weighted by Crippen LogP contribution is 2.46. The van der Waals surface area contributed by atoms with Gasteiger partial charge in [0, 0.05) is 29.0 Å². The SMILES string of the molecule is CC(C)(C)[Si](C)(C)OCC1(c2ccccc2)CCN(CC2(c3ccc(Cl)cc3)CCC2)CC1. The fourth-order valence-corrected chi connectivity index (χ4v) is 6.55. The number of hydrogen-bond acceptors (Lipinski definition) is 2. The number of piperidine rings is 1. The maximum atomic E-state index is 6.85. The lowest BCUT2D eigenvalue weighted by Gasteiger charge is -2.50. The van der Waals surface area contributed by atoms with Crippen LogP contribution in [-0.4, -0.2) is 39.5 Å². The molecule has 0 amide bonds. The summed E-state index contributed by atoms with van der Waals surface area (Å²) in [5, 5.41) is 1.07. The van der Waals surface area contributed by atoms with Gasteiger partial charge in [-0.25, -0.2) is 0 Å². The number of rotatable bonds is 7. The Labute approximate surface area is 207 Å². The third kappa shape index (κ3) is 5.27. The smallest absolute Gasteiger partial charge is 0.192 e. The Morgan fingerprint density at radius 3 is 1.94 bits per heavy atom. The molecular formula is C29H42ClNOSi. The summed E-state index contributed by atoms with van der Waals surface area (Å²) >= 11 is 6.17. The molecule has 1 aliphatic heterocycles. The maximum absolute atomic E-state index is 6.85. The largest absolute Gasteiger partial charge is 0.416 e. The quantitative estimate of drug-likeness (QED) is 0.372. The van der Waals surface area contributed by atoms with E-state index in [4.69, 9.17) is 16.0 Å². The van der Waals surface area contributed by atoms with E-state index >= 15 is 0 Å². The first-order valence-corrected chi connectivity index (χ1v) is 16.0. The summed E-state index contributed by atoms with van der Waals surface area (Å²) < 4.78 is 6.85. The Bertz CT molecular complexity index is 907. The molecule has 2 aromatic carbocycles. The van der Waals surface area contributed by atoms with Gasteiger partial charge in [-0.3, -0.25) is 0 Å². The minimum Gasteiger partial charge on any atom is -0.416 e. The van der Waals surface area contributed by atoms with Crippen molar-refractivity contribution in [3.63, 3.8) is 0 Å². The van der Waals surface area contributed by atoms with E-state index in [-0.39, 0.29) is 10.5 Å². The van der Waals surface area contributed by atoms with Crippen molar-refractivity contribution in [2.45, 2.75) is 81.8 Å². The maximum Gasteiger partial charge on any atom is 0.192 e. The summed E-state index contributed by atoms with van der Waals surface area (Å²) in [5.41, 5.74) is 3.37. The minimum atomic E-state index is -1.79. The molecule has 180 valence electrons. The molecule has 2 aliphatic rings. The van der Waals surface area contributed by atoms with E-state index in [1.165, 1.54) is 49.8 Å². The predicted octanol–water partition coefficient (Wildman–Crippen LogP) is 7.82. The summed E-state index contributed by atoms with van der Waals surface area (Å²) in [6.07, 6.45) is 6.27. The molecule has 0 aromatic heterocycles. The lowest BCUT2D eigenvalue weighted by atomic mass is 9.63. The van der Waals surface area contributed by atoms with E-state index < -0.39 is 8.32 Å². The van der Waals surface area contributed by atoms with E-state index in [9.17, 15) is 0 Å². The molecule has 2 fully saturated rings. The number of halogens is 1. The molecule has 2 nitrogen and oxygen atoms in total. The summed E-state index contributed by atoms with van der Waals surface area (Å²) in [5.74, 6) is 0. The molecule has 1 heterocycles. The second-order valence-corrected chi connectivity index (χ2v) is 17.4. The van der Waals surface area contributed by atoms with Crippen LogP contribution in [0, 0.1) is 0 Å². The third-order valence-corrected chi connectivity index (χ3v) is 13.7. The molecule has 0 bridgehead atoms. The summed E-state index contributed by atoms with van der Waals surface area (Å²) in [6.45, 7) is 16.1. The zero-order valence-electron chi connectivity index (χ0n) is 21.3. The van der Waals surface area contributed by atoms with E-state index in [1.807, 2.05) is 0 Å². The van der Waals surface area contributed by atoms with Gasteiger partial charge < -0.3 is 9.33 Å². The minimum absolute atomic E-state index is 0.125. The second-order valence-electron chi connectivity index (χ2n) is 12.1. The third-order valence-electron chi connectivity index (χ3n) is 9.01. The van der Waals surface area contributed by atoms with Crippen molar-refractivity contribution in [2.75, 3.05) is 26.2 Å². The van der Waals surface area contributed by atoms with Gasteiger partial charge >= 0.3 is 0 Å². The van der Waals surface area contributed by atoms with Crippen molar-refractivity contribution >= 4 is 19.9 Å². The van der Waals surface area contributed by atoms with Crippen molar-refractivity contribution < 1.29 is 4.43 Å². The van der Waals surface area contributed by atoms with Gasteiger partial charge in [-0.1, -0.05) is 81.3 Å². The van der Waals surface area contributed by atoms with E-state index in [0.717, 1.165) is 24.7 Å². The summed E-state index contributed by atoms with van der Waals surface area (Å²) in [4.78, 5) is 2.72. The van der Waals surface area contributed by atoms with Crippen LogP contribution in [0.2, 0.25) is 23.2 Å². The molecule has 0 radical (unpaired) electrons. The second kappa shape index (κ2) is 9.49. The topological polar surface area (TPSA) is 12.5 Å². The van der Waals surface area contributed by atoms with Gasteiger partial charge in [-0.2, -0.15) is 0 Å². The highest BCUT2D eigenvalue weighted by molar-refractivity contribution is 6.74.